The molecule has 6 aromatic rings. The highest BCUT2D eigenvalue weighted by atomic mass is 35.5. The van der Waals surface area contributed by atoms with Crippen molar-refractivity contribution in [3.8, 4) is 22.4 Å². The summed E-state index contributed by atoms with van der Waals surface area (Å²) in [5.41, 5.74) is 7.21. The smallest absolute Gasteiger partial charge is 0.338 e. The van der Waals surface area contributed by atoms with Gasteiger partial charge in [-0.25, -0.2) is 9.00 Å². The molecule has 1 fully saturated rings. The van der Waals surface area contributed by atoms with Gasteiger partial charge in [0.05, 0.1) is 21.1 Å². The molecule has 0 bridgehead atoms. The van der Waals surface area contributed by atoms with Crippen LogP contribution < -0.4 is 19.8 Å². The summed E-state index contributed by atoms with van der Waals surface area (Å²) in [6.45, 7) is 9.56. The largest absolute Gasteiger partial charge is 0.478 e. The van der Waals surface area contributed by atoms with Gasteiger partial charge in [0.2, 0.25) is 0 Å². The number of nitrogens with zero attached hydrogens (tertiary/aromatic N) is 4. The average molecular weight is 849 g/mol. The van der Waals surface area contributed by atoms with Crippen LogP contribution in [0, 0.1) is 17.0 Å². The minimum atomic E-state index is -1.72. The Bertz CT molecular complexity index is 2470. The molecule has 1 aromatic heterocycles. The van der Waals surface area contributed by atoms with Gasteiger partial charge in [-0.3, -0.25) is 10.1 Å². The molecule has 2 heterocycles. The number of benzene rings is 5. The van der Waals surface area contributed by atoms with Crippen LogP contribution in [0.2, 0.25) is 5.02 Å². The second-order valence-corrected chi connectivity index (χ2v) is 17.2. The van der Waals surface area contributed by atoms with Crippen molar-refractivity contribution in [1.29, 1.82) is 0 Å². The number of hydrogen-bond acceptors (Lipinski definition) is 8. The highest BCUT2D eigenvalue weighted by Gasteiger charge is 2.29. The topological polar surface area (TPSA) is 133 Å². The van der Waals surface area contributed by atoms with Crippen molar-refractivity contribution in [3.63, 3.8) is 0 Å². The van der Waals surface area contributed by atoms with Crippen LogP contribution in [0.3, 0.4) is 0 Å². The highest BCUT2D eigenvalue weighted by Crippen LogP contribution is 2.42. The molecule has 7 rings (SSSR count). The number of carbonyl (C=O) groups is 1. The molecule has 1 aliphatic rings. The summed E-state index contributed by atoms with van der Waals surface area (Å²) in [5.74, 6) is -0.233. The van der Waals surface area contributed by atoms with Crippen molar-refractivity contribution in [2.24, 2.45) is 0 Å². The Kier molecular flexibility index (Phi) is 12.9. The lowest BCUT2D eigenvalue weighted by atomic mass is 9.96. The van der Waals surface area contributed by atoms with Gasteiger partial charge in [-0.1, -0.05) is 54.1 Å². The van der Waals surface area contributed by atoms with Crippen LogP contribution in [0.15, 0.2) is 131 Å². The molecular formula is C45H45ClN6O5S2. The van der Waals surface area contributed by atoms with Gasteiger partial charge >= 0.3 is 5.97 Å². The molecule has 0 radical (unpaired) electrons. The molecule has 5 aromatic carbocycles. The summed E-state index contributed by atoms with van der Waals surface area (Å²) in [6.07, 6.45) is 0. The zero-order valence-corrected chi connectivity index (χ0v) is 35.3. The molecule has 1 aliphatic heterocycles. The molecule has 1 saturated heterocycles. The molecule has 59 heavy (non-hydrogen) atoms. The maximum atomic E-state index is 13.3. The van der Waals surface area contributed by atoms with Crippen LogP contribution in [0.1, 0.15) is 35.9 Å². The minimum absolute atomic E-state index is 0.0279. The van der Waals surface area contributed by atoms with E-state index in [0.29, 0.717) is 44.7 Å². The Balaban J connectivity index is 0.996. The Morgan fingerprint density at radius 1 is 0.864 bits per heavy atom. The lowest BCUT2D eigenvalue weighted by molar-refractivity contribution is -0.384. The Morgan fingerprint density at radius 3 is 2.19 bits per heavy atom. The predicted octanol–water partition coefficient (Wildman–Crippen LogP) is 10.6. The number of halogens is 1. The van der Waals surface area contributed by atoms with Gasteiger partial charge in [0.1, 0.15) is 5.69 Å². The SMILES string of the molecule is Cc1c(C(=O)O)c(-c2cccc(N3CCN(c4ccc(NS(=O)c5ccc(NCCSc6ccccc6)c([N+](=O)[O-])c5)cc4)CC3)c2)c(-c2ccc(Cl)cc2)n1C(C)C. The number of piperazine rings is 1. The van der Waals surface area contributed by atoms with E-state index in [9.17, 15) is 24.2 Å². The molecule has 0 spiro atoms. The van der Waals surface area contributed by atoms with E-state index in [2.05, 4.69) is 50.4 Å². The van der Waals surface area contributed by atoms with E-state index in [-0.39, 0.29) is 11.7 Å². The van der Waals surface area contributed by atoms with Crippen LogP contribution in [0.25, 0.3) is 22.4 Å². The lowest BCUT2D eigenvalue weighted by Crippen LogP contribution is -2.46. The number of nitro benzene ring substituents is 1. The quantitative estimate of drug-likeness (QED) is 0.0400. The van der Waals surface area contributed by atoms with Crippen molar-refractivity contribution in [1.82, 2.24) is 4.57 Å². The number of aromatic carboxylic acids is 1. The van der Waals surface area contributed by atoms with Gasteiger partial charge in [0.15, 0.2) is 11.0 Å². The van der Waals surface area contributed by atoms with E-state index < -0.39 is 21.9 Å². The number of hydrogen-bond donors (Lipinski definition) is 3. The summed E-state index contributed by atoms with van der Waals surface area (Å²) < 4.78 is 18.4. The predicted molar refractivity (Wildman–Crippen MR) is 242 cm³/mol. The number of carboxylic acid groups (broad SMARTS) is 1. The first-order valence-electron chi connectivity index (χ1n) is 19.3. The number of rotatable bonds is 15. The fraction of sp³-hybridized carbons (Fsp3) is 0.222. The van der Waals surface area contributed by atoms with E-state index in [1.54, 1.807) is 23.9 Å². The monoisotopic (exact) mass is 848 g/mol. The maximum absolute atomic E-state index is 13.3. The Hall–Kier alpha value is -5.76. The van der Waals surface area contributed by atoms with Crippen LogP contribution in [0.5, 0.6) is 0 Å². The first-order valence-corrected chi connectivity index (χ1v) is 21.8. The molecule has 14 heteroatoms. The number of anilines is 4. The molecule has 0 saturated carbocycles. The van der Waals surface area contributed by atoms with Crippen LogP contribution in [-0.2, 0) is 11.0 Å². The second kappa shape index (κ2) is 18.4. The maximum Gasteiger partial charge on any atom is 0.338 e. The standard InChI is InChI=1S/C45H45ClN6O5S2/c1-30(2)51-31(3)42(45(53)54)43(44(51)32-12-14-34(46)15-13-32)33-8-7-9-37(28-33)50-25-23-49(24-26-50)36-18-16-35(17-19-36)48-59(57)39-20-21-40(41(29-39)52(55)56)47-22-27-58-38-10-5-4-6-11-38/h4-21,28-30,47-48H,22-27H2,1-3H3,(H,53,54). The normalized spacial score (nSPS) is 13.4. The van der Waals surface area contributed by atoms with E-state index in [0.717, 1.165) is 65.0 Å². The van der Waals surface area contributed by atoms with E-state index in [1.165, 1.54) is 6.07 Å². The third kappa shape index (κ3) is 9.43. The zero-order chi connectivity index (χ0) is 41.6. The van der Waals surface area contributed by atoms with E-state index in [4.69, 9.17) is 11.6 Å². The van der Waals surface area contributed by atoms with E-state index in [1.807, 2.05) is 97.9 Å². The van der Waals surface area contributed by atoms with Crippen LogP contribution in [0.4, 0.5) is 28.4 Å². The summed E-state index contributed by atoms with van der Waals surface area (Å²) in [5, 5.41) is 26.2. The van der Waals surface area contributed by atoms with Gasteiger partial charge in [0.25, 0.3) is 5.69 Å². The molecule has 1 unspecified atom stereocenters. The van der Waals surface area contributed by atoms with Crippen LogP contribution >= 0.6 is 23.4 Å². The van der Waals surface area contributed by atoms with Crippen molar-refractivity contribution < 1.29 is 19.0 Å². The molecule has 304 valence electrons. The molecule has 0 aliphatic carbocycles. The van der Waals surface area contributed by atoms with Crippen LogP contribution in [-0.4, -0.2) is 63.3 Å². The third-order valence-corrected chi connectivity index (χ3v) is 12.7. The third-order valence-electron chi connectivity index (χ3n) is 10.3. The number of nitrogens with one attached hydrogen (secondary N) is 2. The summed E-state index contributed by atoms with van der Waals surface area (Å²) in [4.78, 5) is 30.3. The first kappa shape index (κ1) is 41.4. The zero-order valence-electron chi connectivity index (χ0n) is 32.9. The number of thioether (sulfide) groups is 1. The fourth-order valence-electron chi connectivity index (χ4n) is 7.57. The summed E-state index contributed by atoms with van der Waals surface area (Å²) >= 11 is 7.91. The number of carboxylic acids is 1. The van der Waals surface area contributed by atoms with Crippen molar-refractivity contribution >= 4 is 68.8 Å². The highest BCUT2D eigenvalue weighted by molar-refractivity contribution is 7.99. The van der Waals surface area contributed by atoms with Crippen molar-refractivity contribution in [3.05, 3.63) is 148 Å². The van der Waals surface area contributed by atoms with Crippen molar-refractivity contribution in [2.45, 2.75) is 36.6 Å². The van der Waals surface area contributed by atoms with Gasteiger partial charge in [-0.2, -0.15) is 0 Å². The lowest BCUT2D eigenvalue weighted by Gasteiger charge is -2.37. The molecule has 1 atom stereocenters. The number of aromatic nitrogens is 1. The van der Waals surface area contributed by atoms with Gasteiger partial charge in [0, 0.05) is 88.8 Å². The summed E-state index contributed by atoms with van der Waals surface area (Å²) in [7, 11) is -1.72. The molecule has 3 N–H and O–H groups in total. The average Bonchev–Trinajstić information content (AvgIpc) is 3.56. The van der Waals surface area contributed by atoms with Gasteiger partial charge in [-0.05, 0) is 105 Å². The second-order valence-electron chi connectivity index (χ2n) is 14.4. The van der Waals surface area contributed by atoms with Gasteiger partial charge < -0.3 is 29.5 Å². The fourth-order valence-corrected chi connectivity index (χ4v) is 9.37. The van der Waals surface area contributed by atoms with E-state index >= 15 is 0 Å². The molecule has 0 amide bonds. The Morgan fingerprint density at radius 2 is 1.54 bits per heavy atom. The van der Waals surface area contributed by atoms with Crippen molar-refractivity contribution in [2.75, 3.05) is 58.3 Å². The Labute approximate surface area is 355 Å². The summed E-state index contributed by atoms with van der Waals surface area (Å²) in [6, 6.07) is 37.9. The molecule has 11 nitrogen and oxygen atoms in total. The number of nitro groups is 1. The minimum Gasteiger partial charge on any atom is -0.478 e. The molecular weight excluding hydrogens is 804 g/mol. The first-order chi connectivity index (χ1) is 28.5. The van der Waals surface area contributed by atoms with Gasteiger partial charge in [-0.15, -0.1) is 11.8 Å².